The molecular formula is C24H23N5OS2. The summed E-state index contributed by atoms with van der Waals surface area (Å²) in [5, 5.41) is 14.9. The van der Waals surface area contributed by atoms with Crippen LogP contribution in [-0.4, -0.2) is 32.6 Å². The third-order valence-electron chi connectivity index (χ3n) is 5.78. The van der Waals surface area contributed by atoms with Crippen molar-refractivity contribution in [1.29, 1.82) is 0 Å². The van der Waals surface area contributed by atoms with E-state index in [2.05, 4.69) is 40.5 Å². The fourth-order valence-corrected chi connectivity index (χ4v) is 5.90. The van der Waals surface area contributed by atoms with Crippen LogP contribution in [0, 0.1) is 5.92 Å². The van der Waals surface area contributed by atoms with Crippen molar-refractivity contribution in [2.75, 3.05) is 11.5 Å². The summed E-state index contributed by atoms with van der Waals surface area (Å²) in [5.74, 6) is 0.421. The van der Waals surface area contributed by atoms with Gasteiger partial charge in [0.15, 0.2) is 4.34 Å². The molecule has 0 bridgehead atoms. The van der Waals surface area contributed by atoms with Gasteiger partial charge in [-0.25, -0.2) is 5.01 Å². The monoisotopic (exact) mass is 461 g/mol. The number of amides is 1. The first-order valence-corrected chi connectivity index (χ1v) is 12.4. The van der Waals surface area contributed by atoms with Gasteiger partial charge in [0.1, 0.15) is 0 Å². The SMILES string of the molecule is Nc1nnc(SCC(=O)N2N=C3C(=Cc4ccccc4)CCCC3C2c2ccccc2)s1. The molecule has 5 rings (SSSR count). The number of benzene rings is 2. The third-order valence-corrected chi connectivity index (χ3v) is 7.65. The van der Waals surface area contributed by atoms with Crippen LogP contribution in [0.3, 0.4) is 0 Å². The van der Waals surface area contributed by atoms with Crippen molar-refractivity contribution >= 4 is 45.9 Å². The highest BCUT2D eigenvalue weighted by atomic mass is 32.2. The molecule has 1 fully saturated rings. The number of anilines is 1. The lowest BCUT2D eigenvalue weighted by molar-refractivity contribution is -0.130. The number of nitrogens with zero attached hydrogens (tertiary/aromatic N) is 4. The first-order valence-electron chi connectivity index (χ1n) is 10.6. The highest BCUT2D eigenvalue weighted by Crippen LogP contribution is 2.44. The normalized spacial score (nSPS) is 21.4. The molecule has 8 heteroatoms. The predicted octanol–water partition coefficient (Wildman–Crippen LogP) is 5.04. The van der Waals surface area contributed by atoms with E-state index in [4.69, 9.17) is 10.8 Å². The number of hydrazone groups is 1. The summed E-state index contributed by atoms with van der Waals surface area (Å²) in [7, 11) is 0. The Balaban J connectivity index is 1.46. The Kier molecular flexibility index (Phi) is 6.05. The van der Waals surface area contributed by atoms with Crippen molar-refractivity contribution in [2.24, 2.45) is 11.0 Å². The van der Waals surface area contributed by atoms with Gasteiger partial charge < -0.3 is 5.73 Å². The summed E-state index contributed by atoms with van der Waals surface area (Å²) in [6.07, 6.45) is 5.31. The Hall–Kier alpha value is -2.97. The fraction of sp³-hybridized carbons (Fsp3) is 0.250. The number of hydrogen-bond donors (Lipinski definition) is 1. The van der Waals surface area contributed by atoms with Crippen LogP contribution in [0.4, 0.5) is 5.13 Å². The van der Waals surface area contributed by atoms with Gasteiger partial charge >= 0.3 is 0 Å². The first kappa shape index (κ1) is 20.9. The maximum Gasteiger partial charge on any atom is 0.253 e. The van der Waals surface area contributed by atoms with Crippen molar-refractivity contribution in [2.45, 2.75) is 29.6 Å². The average Bonchev–Trinajstić information content (AvgIpc) is 3.43. The van der Waals surface area contributed by atoms with Crippen LogP contribution in [-0.2, 0) is 4.79 Å². The van der Waals surface area contributed by atoms with Gasteiger partial charge in [0.2, 0.25) is 5.13 Å². The second kappa shape index (κ2) is 9.26. The van der Waals surface area contributed by atoms with Crippen LogP contribution in [0.15, 0.2) is 75.7 Å². The smallest absolute Gasteiger partial charge is 0.253 e. The second-order valence-electron chi connectivity index (χ2n) is 7.85. The Morgan fingerprint density at radius 2 is 1.88 bits per heavy atom. The number of nitrogen functional groups attached to an aromatic ring is 1. The molecule has 2 aromatic carbocycles. The molecule has 6 nitrogen and oxygen atoms in total. The molecule has 1 aliphatic carbocycles. The van der Waals surface area contributed by atoms with E-state index in [0.29, 0.717) is 9.47 Å². The van der Waals surface area contributed by atoms with Crippen molar-refractivity contribution in [3.8, 4) is 0 Å². The summed E-state index contributed by atoms with van der Waals surface area (Å²) in [6.45, 7) is 0. The van der Waals surface area contributed by atoms with Gasteiger partial charge in [-0.1, -0.05) is 83.8 Å². The molecule has 3 aromatic rings. The number of carbonyl (C=O) groups is 1. The van der Waals surface area contributed by atoms with Gasteiger partial charge in [0.25, 0.3) is 5.91 Å². The lowest BCUT2D eigenvalue weighted by atomic mass is 9.77. The van der Waals surface area contributed by atoms with Gasteiger partial charge in [-0.2, -0.15) is 5.10 Å². The molecule has 32 heavy (non-hydrogen) atoms. The topological polar surface area (TPSA) is 84.5 Å². The van der Waals surface area contributed by atoms with Crippen LogP contribution < -0.4 is 5.73 Å². The Morgan fingerprint density at radius 3 is 2.59 bits per heavy atom. The number of rotatable bonds is 5. The first-order chi connectivity index (χ1) is 15.7. The molecule has 0 saturated heterocycles. The lowest BCUT2D eigenvalue weighted by Crippen LogP contribution is -2.32. The van der Waals surface area contributed by atoms with E-state index in [-0.39, 0.29) is 23.6 Å². The van der Waals surface area contributed by atoms with Crippen molar-refractivity contribution < 1.29 is 4.79 Å². The van der Waals surface area contributed by atoms with E-state index in [1.165, 1.54) is 28.7 Å². The maximum absolute atomic E-state index is 13.3. The average molecular weight is 462 g/mol. The van der Waals surface area contributed by atoms with Crippen molar-refractivity contribution in [1.82, 2.24) is 15.2 Å². The minimum atomic E-state index is -0.0849. The molecule has 2 unspecified atom stereocenters. The summed E-state index contributed by atoms with van der Waals surface area (Å²) < 4.78 is 0.695. The number of carbonyl (C=O) groups excluding carboxylic acids is 1. The van der Waals surface area contributed by atoms with Crippen LogP contribution in [0.2, 0.25) is 0 Å². The van der Waals surface area contributed by atoms with E-state index in [0.717, 1.165) is 36.1 Å². The van der Waals surface area contributed by atoms with Gasteiger partial charge in [0, 0.05) is 5.92 Å². The van der Waals surface area contributed by atoms with Gasteiger partial charge in [-0.05, 0) is 42.0 Å². The van der Waals surface area contributed by atoms with E-state index < -0.39 is 0 Å². The summed E-state index contributed by atoms with van der Waals surface area (Å²) >= 11 is 2.65. The number of aromatic nitrogens is 2. The standard InChI is InChI=1S/C24H23N5OS2/c25-23-26-27-24(32-23)31-15-20(30)29-22(17-10-5-2-6-11-17)19-13-7-12-18(21(19)28-29)14-16-8-3-1-4-9-16/h1-6,8-11,14,19,22H,7,12-13,15H2,(H2,25,26). The number of allylic oxidation sites excluding steroid dienone is 1. The third kappa shape index (κ3) is 4.33. The second-order valence-corrected chi connectivity index (χ2v) is 10.1. The molecule has 162 valence electrons. The summed E-state index contributed by atoms with van der Waals surface area (Å²) in [4.78, 5) is 13.3. The predicted molar refractivity (Wildman–Crippen MR) is 130 cm³/mol. The number of fused-ring (bicyclic) bond motifs is 1. The minimum Gasteiger partial charge on any atom is -0.374 e. The fourth-order valence-electron chi connectivity index (χ4n) is 4.41. The van der Waals surface area contributed by atoms with E-state index in [1.54, 1.807) is 5.01 Å². The molecule has 2 atom stereocenters. The molecule has 1 aliphatic heterocycles. The molecular weight excluding hydrogens is 438 g/mol. The maximum atomic E-state index is 13.3. The van der Waals surface area contributed by atoms with Crippen LogP contribution >= 0.6 is 23.1 Å². The van der Waals surface area contributed by atoms with Gasteiger partial charge in [-0.3, -0.25) is 4.79 Å². The molecule has 0 radical (unpaired) electrons. The molecule has 1 amide bonds. The van der Waals surface area contributed by atoms with E-state index in [9.17, 15) is 4.79 Å². The van der Waals surface area contributed by atoms with Crippen molar-refractivity contribution in [3.63, 3.8) is 0 Å². The summed E-state index contributed by atoms with van der Waals surface area (Å²) in [5.41, 5.74) is 10.2. The van der Waals surface area contributed by atoms with Crippen LogP contribution in [0.5, 0.6) is 0 Å². The largest absolute Gasteiger partial charge is 0.374 e. The number of thioether (sulfide) groups is 1. The molecule has 0 spiro atoms. The zero-order chi connectivity index (χ0) is 21.9. The zero-order valence-corrected chi connectivity index (χ0v) is 19.1. The highest BCUT2D eigenvalue weighted by molar-refractivity contribution is 8.01. The Morgan fingerprint density at radius 1 is 1.12 bits per heavy atom. The van der Waals surface area contributed by atoms with E-state index >= 15 is 0 Å². The number of hydrogen-bond acceptors (Lipinski definition) is 7. The molecule has 1 aromatic heterocycles. The molecule has 2 heterocycles. The highest BCUT2D eigenvalue weighted by Gasteiger charge is 2.43. The number of nitrogens with two attached hydrogens (primary N) is 1. The van der Waals surface area contributed by atoms with Gasteiger partial charge in [0.05, 0.1) is 17.5 Å². The minimum absolute atomic E-state index is 0.0291. The van der Waals surface area contributed by atoms with Crippen LogP contribution in [0.25, 0.3) is 6.08 Å². The molecule has 2 N–H and O–H groups in total. The molecule has 2 aliphatic rings. The Labute approximate surface area is 195 Å². The van der Waals surface area contributed by atoms with Crippen molar-refractivity contribution in [3.05, 3.63) is 77.4 Å². The lowest BCUT2D eigenvalue weighted by Gasteiger charge is -2.29. The summed E-state index contributed by atoms with van der Waals surface area (Å²) in [6, 6.07) is 20.5. The quantitative estimate of drug-likeness (QED) is 0.539. The zero-order valence-electron chi connectivity index (χ0n) is 17.4. The van der Waals surface area contributed by atoms with Crippen LogP contribution in [0.1, 0.15) is 36.4 Å². The molecule has 1 saturated carbocycles. The van der Waals surface area contributed by atoms with Gasteiger partial charge in [-0.15, -0.1) is 10.2 Å². The Bertz CT molecular complexity index is 1160. The van der Waals surface area contributed by atoms with E-state index in [1.807, 2.05) is 36.4 Å².